The summed E-state index contributed by atoms with van der Waals surface area (Å²) in [5.41, 5.74) is 1.30. The number of rotatable bonds is 6. The molecule has 21 heavy (non-hydrogen) atoms. The maximum absolute atomic E-state index is 12.4. The first kappa shape index (κ1) is 16.4. The molecule has 0 aliphatic heterocycles. The number of hydrogen-bond donors (Lipinski definition) is 0. The first-order chi connectivity index (χ1) is 10.1. The van der Waals surface area contributed by atoms with Gasteiger partial charge in [0.25, 0.3) is 0 Å². The van der Waals surface area contributed by atoms with Gasteiger partial charge in [0, 0.05) is 17.7 Å². The molecule has 0 amide bonds. The Hall–Kier alpha value is -1.01. The van der Waals surface area contributed by atoms with Crippen LogP contribution in [0.3, 0.4) is 0 Å². The number of hydrogen-bond acceptors (Lipinski definition) is 5. The second-order valence-electron chi connectivity index (χ2n) is 4.97. The number of Topliss-reactive ketones (excluding diaryl/α,β-unsaturated/α-hetero) is 1. The van der Waals surface area contributed by atoms with Crippen LogP contribution in [0.25, 0.3) is 0 Å². The number of carbonyl (C=O) groups is 2. The summed E-state index contributed by atoms with van der Waals surface area (Å²) in [6.45, 7) is 4.09. The van der Waals surface area contributed by atoms with Gasteiger partial charge in [0.2, 0.25) is 0 Å². The van der Waals surface area contributed by atoms with Crippen molar-refractivity contribution >= 4 is 33.9 Å². The maximum atomic E-state index is 12.4. The van der Waals surface area contributed by atoms with Gasteiger partial charge < -0.3 is 4.74 Å². The fourth-order valence-electron chi connectivity index (χ4n) is 2.40. The summed E-state index contributed by atoms with van der Waals surface area (Å²) in [6, 6.07) is 0. The number of unbranched alkanes of at least 4 members (excludes halogenated alkanes) is 1. The van der Waals surface area contributed by atoms with Crippen LogP contribution in [0.1, 0.15) is 65.1 Å². The monoisotopic (exact) mass is 328 g/mol. The Kier molecular flexibility index (Phi) is 5.70. The Morgan fingerprint density at radius 3 is 2.76 bits per heavy atom. The summed E-state index contributed by atoms with van der Waals surface area (Å²) in [7, 11) is -1.20. The minimum Gasteiger partial charge on any atom is -0.462 e. The minimum atomic E-state index is -1.20. The summed E-state index contributed by atoms with van der Waals surface area (Å²) >= 11 is 1.19. The molecule has 4 nitrogen and oxygen atoms in total. The van der Waals surface area contributed by atoms with Gasteiger partial charge in [-0.25, -0.2) is 4.79 Å². The standard InChI is InChI=1S/C15H20O4S2/c1-3-5-9-21(18)15-12-10(7-6-8-11(12)16)13(20-15)14(17)19-4-2/h3-9H2,1-2H3. The number of fused-ring (bicyclic) bond motifs is 1. The van der Waals surface area contributed by atoms with E-state index in [1.807, 2.05) is 6.92 Å². The van der Waals surface area contributed by atoms with E-state index in [2.05, 4.69) is 0 Å². The smallest absolute Gasteiger partial charge is 0.348 e. The highest BCUT2D eigenvalue weighted by Crippen LogP contribution is 2.37. The molecule has 1 unspecified atom stereocenters. The van der Waals surface area contributed by atoms with Crippen LogP contribution in [-0.4, -0.2) is 28.3 Å². The van der Waals surface area contributed by atoms with Crippen molar-refractivity contribution in [3.05, 3.63) is 16.0 Å². The van der Waals surface area contributed by atoms with E-state index in [-0.39, 0.29) is 5.78 Å². The molecule has 0 aromatic carbocycles. The van der Waals surface area contributed by atoms with E-state index in [1.54, 1.807) is 6.92 Å². The number of ketones is 1. The van der Waals surface area contributed by atoms with E-state index in [0.717, 1.165) is 24.8 Å². The van der Waals surface area contributed by atoms with Gasteiger partial charge in [-0.1, -0.05) is 13.3 Å². The number of thiophene rings is 1. The lowest BCUT2D eigenvalue weighted by molar-refractivity contribution is 0.0531. The van der Waals surface area contributed by atoms with Crippen LogP contribution in [0, 0.1) is 0 Å². The van der Waals surface area contributed by atoms with Crippen molar-refractivity contribution in [3.8, 4) is 0 Å². The van der Waals surface area contributed by atoms with Crippen LogP contribution in [0.15, 0.2) is 4.21 Å². The van der Waals surface area contributed by atoms with Gasteiger partial charge in [-0.15, -0.1) is 11.3 Å². The molecule has 1 aliphatic carbocycles. The minimum absolute atomic E-state index is 0.0166. The van der Waals surface area contributed by atoms with Crippen LogP contribution in [0.5, 0.6) is 0 Å². The SMILES string of the molecule is CCCCS(=O)c1sc(C(=O)OCC)c2c1C(=O)CCC2. The van der Waals surface area contributed by atoms with Gasteiger partial charge in [0.05, 0.1) is 17.4 Å². The average Bonchev–Trinajstić information content (AvgIpc) is 2.86. The predicted octanol–water partition coefficient (Wildman–Crippen LogP) is 3.35. The summed E-state index contributed by atoms with van der Waals surface area (Å²) < 4.78 is 18.1. The van der Waals surface area contributed by atoms with E-state index >= 15 is 0 Å². The van der Waals surface area contributed by atoms with Gasteiger partial charge in [-0.05, 0) is 31.7 Å². The average molecular weight is 328 g/mol. The molecule has 6 heteroatoms. The number of ether oxygens (including phenoxy) is 1. The Balaban J connectivity index is 2.43. The normalized spacial score (nSPS) is 15.6. The molecule has 1 atom stereocenters. The zero-order valence-electron chi connectivity index (χ0n) is 12.4. The predicted molar refractivity (Wildman–Crippen MR) is 83.7 cm³/mol. The molecule has 0 radical (unpaired) electrons. The zero-order valence-corrected chi connectivity index (χ0v) is 14.0. The Morgan fingerprint density at radius 1 is 1.33 bits per heavy atom. The quantitative estimate of drug-likeness (QED) is 0.751. The van der Waals surface area contributed by atoms with Crippen LogP contribution < -0.4 is 0 Å². The van der Waals surface area contributed by atoms with Crippen LogP contribution in [0.4, 0.5) is 0 Å². The van der Waals surface area contributed by atoms with E-state index in [0.29, 0.717) is 39.9 Å². The topological polar surface area (TPSA) is 60.4 Å². The molecule has 0 bridgehead atoms. The molecule has 1 aromatic rings. The molecule has 1 aromatic heterocycles. The van der Waals surface area contributed by atoms with Gasteiger partial charge >= 0.3 is 5.97 Å². The molecule has 0 fully saturated rings. The lowest BCUT2D eigenvalue weighted by Crippen LogP contribution is -2.14. The van der Waals surface area contributed by atoms with Crippen molar-refractivity contribution < 1.29 is 18.5 Å². The molecular weight excluding hydrogens is 308 g/mol. The molecule has 1 heterocycles. The Labute approximate surface area is 131 Å². The maximum Gasteiger partial charge on any atom is 0.348 e. The van der Waals surface area contributed by atoms with Gasteiger partial charge in [0.15, 0.2) is 5.78 Å². The third kappa shape index (κ3) is 3.43. The molecule has 0 saturated carbocycles. The first-order valence-corrected chi connectivity index (χ1v) is 9.48. The second-order valence-corrected chi connectivity index (χ2v) is 7.76. The highest BCUT2D eigenvalue weighted by molar-refractivity contribution is 7.87. The molecule has 116 valence electrons. The summed E-state index contributed by atoms with van der Waals surface area (Å²) in [5, 5.41) is 0. The fourth-order valence-corrected chi connectivity index (χ4v) is 5.47. The van der Waals surface area contributed by atoms with Crippen molar-refractivity contribution in [3.63, 3.8) is 0 Å². The van der Waals surface area contributed by atoms with Crippen LogP contribution >= 0.6 is 11.3 Å². The Bertz CT molecular complexity index is 574. The van der Waals surface area contributed by atoms with E-state index < -0.39 is 16.8 Å². The van der Waals surface area contributed by atoms with Crippen molar-refractivity contribution in [1.82, 2.24) is 0 Å². The van der Waals surface area contributed by atoms with E-state index in [1.165, 1.54) is 11.3 Å². The zero-order chi connectivity index (χ0) is 15.4. The van der Waals surface area contributed by atoms with Crippen LogP contribution in [-0.2, 0) is 22.0 Å². The van der Waals surface area contributed by atoms with E-state index in [4.69, 9.17) is 4.74 Å². The summed E-state index contributed by atoms with van der Waals surface area (Å²) in [4.78, 5) is 24.7. The van der Waals surface area contributed by atoms with Crippen molar-refractivity contribution in [2.75, 3.05) is 12.4 Å². The van der Waals surface area contributed by atoms with Crippen molar-refractivity contribution in [2.24, 2.45) is 0 Å². The lowest BCUT2D eigenvalue weighted by Gasteiger charge is -2.12. The largest absolute Gasteiger partial charge is 0.462 e. The third-order valence-corrected chi connectivity index (χ3v) is 6.53. The highest BCUT2D eigenvalue weighted by atomic mass is 32.2. The summed E-state index contributed by atoms with van der Waals surface area (Å²) in [6.07, 6.45) is 3.72. The van der Waals surface area contributed by atoms with Gasteiger partial charge in [0.1, 0.15) is 9.09 Å². The molecule has 0 saturated heterocycles. The van der Waals surface area contributed by atoms with E-state index in [9.17, 15) is 13.8 Å². The molecule has 0 N–H and O–H groups in total. The first-order valence-electron chi connectivity index (χ1n) is 7.34. The second kappa shape index (κ2) is 7.31. The Morgan fingerprint density at radius 2 is 2.10 bits per heavy atom. The number of esters is 1. The van der Waals surface area contributed by atoms with Crippen molar-refractivity contribution in [2.45, 2.75) is 50.2 Å². The third-order valence-electron chi connectivity index (χ3n) is 3.44. The number of carbonyl (C=O) groups excluding carboxylic acids is 2. The summed E-state index contributed by atoms with van der Waals surface area (Å²) in [5.74, 6) is 0.161. The van der Waals surface area contributed by atoms with Crippen molar-refractivity contribution in [1.29, 1.82) is 0 Å². The molecule has 1 aliphatic rings. The van der Waals surface area contributed by atoms with Gasteiger partial charge in [-0.3, -0.25) is 9.00 Å². The molecular formula is C15H20O4S2. The van der Waals surface area contributed by atoms with Crippen LogP contribution in [0.2, 0.25) is 0 Å². The fraction of sp³-hybridized carbons (Fsp3) is 0.600. The highest BCUT2D eigenvalue weighted by Gasteiger charge is 2.31. The molecule has 0 spiro atoms. The molecule has 2 rings (SSSR count). The lowest BCUT2D eigenvalue weighted by atomic mass is 9.93. The van der Waals surface area contributed by atoms with Gasteiger partial charge in [-0.2, -0.15) is 0 Å².